The van der Waals surface area contributed by atoms with Gasteiger partial charge >= 0.3 is 5.97 Å². The van der Waals surface area contributed by atoms with E-state index in [0.29, 0.717) is 5.56 Å². The minimum Gasteiger partial charge on any atom is -0.493 e. The summed E-state index contributed by atoms with van der Waals surface area (Å²) in [5, 5.41) is 11.3. The fourth-order valence-electron chi connectivity index (χ4n) is 2.63. The molecule has 0 saturated carbocycles. The van der Waals surface area contributed by atoms with Gasteiger partial charge in [-0.3, -0.25) is 14.9 Å². The molecule has 0 aliphatic heterocycles. The predicted molar refractivity (Wildman–Crippen MR) is 106 cm³/mol. The number of ketones is 1. The average molecular weight is 401 g/mol. The van der Waals surface area contributed by atoms with Gasteiger partial charge in [-0.25, -0.2) is 4.79 Å². The van der Waals surface area contributed by atoms with Crippen molar-refractivity contribution in [2.24, 2.45) is 0 Å². The van der Waals surface area contributed by atoms with Crippen molar-refractivity contribution < 1.29 is 28.7 Å². The zero-order valence-electron chi connectivity index (χ0n) is 17.0. The smallest absolute Gasteiger partial charge is 0.345 e. The monoisotopic (exact) mass is 401 g/mol. The normalized spacial score (nSPS) is 10.9. The van der Waals surface area contributed by atoms with E-state index in [0.717, 1.165) is 17.7 Å². The summed E-state index contributed by atoms with van der Waals surface area (Å²) in [5.41, 5.74) is 0.554. The quantitative estimate of drug-likeness (QED) is 0.299. The van der Waals surface area contributed by atoms with Crippen molar-refractivity contribution in [1.29, 1.82) is 0 Å². The van der Waals surface area contributed by atoms with E-state index in [4.69, 9.17) is 14.2 Å². The lowest BCUT2D eigenvalue weighted by atomic mass is 9.86. The zero-order chi connectivity index (χ0) is 21.8. The molecular formula is C21H23NO7. The number of methoxy groups -OCH3 is 2. The molecule has 8 nitrogen and oxygen atoms in total. The summed E-state index contributed by atoms with van der Waals surface area (Å²) < 4.78 is 15.1. The van der Waals surface area contributed by atoms with Crippen LogP contribution >= 0.6 is 0 Å². The van der Waals surface area contributed by atoms with E-state index in [9.17, 15) is 19.7 Å². The maximum Gasteiger partial charge on any atom is 0.345 e. The summed E-state index contributed by atoms with van der Waals surface area (Å²) in [6, 6.07) is 9.23. The molecule has 29 heavy (non-hydrogen) atoms. The lowest BCUT2D eigenvalue weighted by molar-refractivity contribution is -0.385. The van der Waals surface area contributed by atoms with Crippen molar-refractivity contribution >= 4 is 17.4 Å². The number of nitrogens with zero attached hydrogens (tertiary/aromatic N) is 1. The van der Waals surface area contributed by atoms with Crippen molar-refractivity contribution in [1.82, 2.24) is 0 Å². The van der Waals surface area contributed by atoms with Crippen LogP contribution in [0.5, 0.6) is 11.5 Å². The second-order valence-corrected chi connectivity index (χ2v) is 7.31. The number of rotatable bonds is 7. The number of nitro groups is 1. The summed E-state index contributed by atoms with van der Waals surface area (Å²) in [5.74, 6) is -1.18. The maximum atomic E-state index is 12.4. The molecule has 0 heterocycles. The van der Waals surface area contributed by atoms with Crippen LogP contribution in [0, 0.1) is 10.1 Å². The van der Waals surface area contributed by atoms with Gasteiger partial charge in [-0.2, -0.15) is 0 Å². The van der Waals surface area contributed by atoms with Crippen LogP contribution in [0.25, 0.3) is 0 Å². The third-order valence-electron chi connectivity index (χ3n) is 4.33. The summed E-state index contributed by atoms with van der Waals surface area (Å²) in [4.78, 5) is 35.3. The van der Waals surface area contributed by atoms with Gasteiger partial charge in [0.05, 0.1) is 25.2 Å². The van der Waals surface area contributed by atoms with E-state index < -0.39 is 29.0 Å². The summed E-state index contributed by atoms with van der Waals surface area (Å²) in [6.07, 6.45) is 0. The van der Waals surface area contributed by atoms with Crippen LogP contribution in [0.4, 0.5) is 5.69 Å². The van der Waals surface area contributed by atoms with Crippen molar-refractivity contribution in [3.63, 3.8) is 0 Å². The Morgan fingerprint density at radius 1 is 1.00 bits per heavy atom. The molecular weight excluding hydrogens is 378 g/mol. The summed E-state index contributed by atoms with van der Waals surface area (Å²) in [7, 11) is 2.66. The topological polar surface area (TPSA) is 105 Å². The van der Waals surface area contributed by atoms with Gasteiger partial charge in [-0.05, 0) is 11.0 Å². The van der Waals surface area contributed by atoms with Gasteiger partial charge in [0.2, 0.25) is 0 Å². The molecule has 0 amide bonds. The molecule has 0 fully saturated rings. The van der Waals surface area contributed by atoms with Crippen LogP contribution in [0.3, 0.4) is 0 Å². The second kappa shape index (κ2) is 8.72. The Morgan fingerprint density at radius 3 is 2.03 bits per heavy atom. The van der Waals surface area contributed by atoms with Crippen LogP contribution in [-0.2, 0) is 10.2 Å². The molecule has 2 aromatic rings. The third kappa shape index (κ3) is 5.10. The van der Waals surface area contributed by atoms with Crippen molar-refractivity contribution in [3.05, 3.63) is 63.2 Å². The van der Waals surface area contributed by atoms with Crippen molar-refractivity contribution in [3.8, 4) is 11.5 Å². The Morgan fingerprint density at radius 2 is 1.55 bits per heavy atom. The van der Waals surface area contributed by atoms with Gasteiger partial charge in [0.25, 0.3) is 5.69 Å². The average Bonchev–Trinajstić information content (AvgIpc) is 2.69. The van der Waals surface area contributed by atoms with E-state index in [1.54, 1.807) is 12.1 Å². The minimum absolute atomic E-state index is 0.0552. The molecule has 0 aliphatic carbocycles. The van der Waals surface area contributed by atoms with Gasteiger partial charge in [0.15, 0.2) is 23.9 Å². The molecule has 0 saturated heterocycles. The van der Waals surface area contributed by atoms with E-state index in [-0.39, 0.29) is 22.5 Å². The molecule has 0 radical (unpaired) electrons. The highest BCUT2D eigenvalue weighted by molar-refractivity contribution is 6.00. The first kappa shape index (κ1) is 21.9. The molecule has 0 aliphatic rings. The number of hydrogen-bond acceptors (Lipinski definition) is 7. The van der Waals surface area contributed by atoms with Gasteiger partial charge < -0.3 is 14.2 Å². The molecule has 154 valence electrons. The Hall–Kier alpha value is -3.42. The number of hydrogen-bond donors (Lipinski definition) is 0. The van der Waals surface area contributed by atoms with E-state index in [2.05, 4.69) is 20.8 Å². The Bertz CT molecular complexity index is 927. The largest absolute Gasteiger partial charge is 0.493 e. The highest BCUT2D eigenvalue weighted by Gasteiger charge is 2.26. The number of ether oxygens (including phenoxy) is 3. The SMILES string of the molecule is COc1cc(C(=O)OCC(=O)c2ccc(C(C)(C)C)cc2)c([N+](=O)[O-])cc1OC. The summed E-state index contributed by atoms with van der Waals surface area (Å²) in [6.45, 7) is 5.63. The molecule has 0 spiro atoms. The first-order valence-electron chi connectivity index (χ1n) is 8.79. The molecule has 0 atom stereocenters. The zero-order valence-corrected chi connectivity index (χ0v) is 17.0. The van der Waals surface area contributed by atoms with E-state index in [1.807, 2.05) is 12.1 Å². The van der Waals surface area contributed by atoms with Gasteiger partial charge in [-0.15, -0.1) is 0 Å². The molecule has 8 heteroatoms. The number of carbonyl (C=O) groups excluding carboxylic acids is 2. The Balaban J connectivity index is 2.18. The van der Waals surface area contributed by atoms with Crippen LogP contribution in [0.2, 0.25) is 0 Å². The number of nitro benzene ring substituents is 1. The first-order chi connectivity index (χ1) is 13.6. The van der Waals surface area contributed by atoms with E-state index in [1.165, 1.54) is 14.2 Å². The number of esters is 1. The highest BCUT2D eigenvalue weighted by atomic mass is 16.6. The van der Waals surface area contributed by atoms with E-state index >= 15 is 0 Å². The fraction of sp³-hybridized carbons (Fsp3) is 0.333. The highest BCUT2D eigenvalue weighted by Crippen LogP contribution is 2.34. The van der Waals surface area contributed by atoms with Gasteiger partial charge in [-0.1, -0.05) is 45.0 Å². The third-order valence-corrected chi connectivity index (χ3v) is 4.33. The lowest BCUT2D eigenvalue weighted by Gasteiger charge is -2.18. The second-order valence-electron chi connectivity index (χ2n) is 7.31. The van der Waals surface area contributed by atoms with Crippen LogP contribution in [-0.4, -0.2) is 37.5 Å². The summed E-state index contributed by atoms with van der Waals surface area (Å²) >= 11 is 0. The minimum atomic E-state index is -1.00. The van der Waals surface area contributed by atoms with Crippen molar-refractivity contribution in [2.45, 2.75) is 26.2 Å². The molecule has 0 bridgehead atoms. The molecule has 0 N–H and O–H groups in total. The first-order valence-corrected chi connectivity index (χ1v) is 8.79. The molecule has 2 aromatic carbocycles. The van der Waals surface area contributed by atoms with Crippen LogP contribution < -0.4 is 9.47 Å². The number of carbonyl (C=O) groups is 2. The predicted octanol–water partition coefficient (Wildman–Crippen LogP) is 3.95. The Kier molecular flexibility index (Phi) is 6.58. The number of benzene rings is 2. The molecule has 0 aromatic heterocycles. The number of Topliss-reactive ketones (excluding diaryl/α,β-unsaturated/α-hetero) is 1. The lowest BCUT2D eigenvalue weighted by Crippen LogP contribution is -2.16. The van der Waals surface area contributed by atoms with Crippen LogP contribution in [0.1, 0.15) is 47.1 Å². The van der Waals surface area contributed by atoms with Crippen LogP contribution in [0.15, 0.2) is 36.4 Å². The Labute approximate surface area is 168 Å². The van der Waals surface area contributed by atoms with Gasteiger partial charge in [0, 0.05) is 11.6 Å². The van der Waals surface area contributed by atoms with Crippen molar-refractivity contribution in [2.75, 3.05) is 20.8 Å². The molecule has 2 rings (SSSR count). The van der Waals surface area contributed by atoms with Gasteiger partial charge in [0.1, 0.15) is 5.56 Å². The molecule has 0 unspecified atom stereocenters. The standard InChI is InChI=1S/C21H23NO7/c1-21(2,3)14-8-6-13(7-9-14)17(23)12-29-20(24)15-10-18(27-4)19(28-5)11-16(15)22(25)26/h6-11H,12H2,1-5H3. The fourth-order valence-corrected chi connectivity index (χ4v) is 2.63. The maximum absolute atomic E-state index is 12.4.